The van der Waals surface area contributed by atoms with Crippen molar-refractivity contribution in [3.8, 4) is 5.69 Å². The molecular weight excluding hydrogens is 442 g/mol. The van der Waals surface area contributed by atoms with Crippen molar-refractivity contribution < 1.29 is 14.3 Å². The van der Waals surface area contributed by atoms with Gasteiger partial charge in [-0.25, -0.2) is 4.68 Å². The lowest BCUT2D eigenvalue weighted by Gasteiger charge is -2.40. The van der Waals surface area contributed by atoms with Crippen molar-refractivity contribution in [1.29, 1.82) is 0 Å². The van der Waals surface area contributed by atoms with Crippen LogP contribution in [0.3, 0.4) is 0 Å². The molecule has 0 radical (unpaired) electrons. The summed E-state index contributed by atoms with van der Waals surface area (Å²) in [5.74, 6) is -0.238. The van der Waals surface area contributed by atoms with Gasteiger partial charge in [-0.1, -0.05) is 35.9 Å². The molecule has 1 aliphatic heterocycles. The van der Waals surface area contributed by atoms with E-state index in [0.717, 1.165) is 43.1 Å². The zero-order chi connectivity index (χ0) is 24.8. The number of anilines is 1. The molecule has 8 nitrogen and oxygen atoms in total. The summed E-state index contributed by atoms with van der Waals surface area (Å²) in [7, 11) is 0. The molecule has 2 heterocycles. The van der Waals surface area contributed by atoms with E-state index in [1.165, 1.54) is 0 Å². The summed E-state index contributed by atoms with van der Waals surface area (Å²) >= 11 is 0. The van der Waals surface area contributed by atoms with Gasteiger partial charge in [-0.2, -0.15) is 5.10 Å². The molecule has 8 heteroatoms. The van der Waals surface area contributed by atoms with Gasteiger partial charge in [0.1, 0.15) is 0 Å². The average Bonchev–Trinajstić information content (AvgIpc) is 3.31. The molecule has 3 aromatic rings. The van der Waals surface area contributed by atoms with E-state index in [2.05, 4.69) is 34.5 Å². The smallest absolute Gasteiger partial charge is 0.251 e. The average molecular weight is 476 g/mol. The van der Waals surface area contributed by atoms with Crippen LogP contribution in [0.5, 0.6) is 0 Å². The molecule has 2 aromatic carbocycles. The van der Waals surface area contributed by atoms with Crippen LogP contribution in [0.25, 0.3) is 5.69 Å². The molecular formula is C27H33N5O3. The Bertz CT molecular complexity index is 1180. The van der Waals surface area contributed by atoms with Gasteiger partial charge in [-0.05, 0) is 44.5 Å². The molecule has 0 spiro atoms. The van der Waals surface area contributed by atoms with Crippen LogP contribution in [0.2, 0.25) is 0 Å². The van der Waals surface area contributed by atoms with Crippen molar-refractivity contribution in [2.75, 3.05) is 38.2 Å². The highest BCUT2D eigenvalue weighted by atomic mass is 16.5. The quantitative estimate of drug-likeness (QED) is 0.522. The molecule has 35 heavy (non-hydrogen) atoms. The molecule has 4 rings (SSSR count). The predicted molar refractivity (Wildman–Crippen MR) is 136 cm³/mol. The van der Waals surface area contributed by atoms with Crippen molar-refractivity contribution in [3.05, 3.63) is 77.6 Å². The second kappa shape index (κ2) is 10.8. The Morgan fingerprint density at radius 3 is 2.63 bits per heavy atom. The van der Waals surface area contributed by atoms with Crippen LogP contribution in [-0.2, 0) is 16.0 Å². The number of benzene rings is 2. The molecule has 1 aromatic heterocycles. The van der Waals surface area contributed by atoms with E-state index in [1.54, 1.807) is 29.2 Å². The van der Waals surface area contributed by atoms with E-state index >= 15 is 0 Å². The van der Waals surface area contributed by atoms with Crippen molar-refractivity contribution in [1.82, 2.24) is 20.0 Å². The molecule has 2 amide bonds. The summed E-state index contributed by atoms with van der Waals surface area (Å²) in [6.45, 7) is 9.97. The van der Waals surface area contributed by atoms with Crippen molar-refractivity contribution in [2.24, 2.45) is 0 Å². The van der Waals surface area contributed by atoms with Crippen molar-refractivity contribution >= 4 is 17.5 Å². The van der Waals surface area contributed by atoms with Gasteiger partial charge in [0.15, 0.2) is 0 Å². The standard InChI is InChI=1S/C27H33N5O3/c1-20-6-4-7-21(14-20)15-25(33)30-23-17-29-32(18-23)24-9-5-8-22(16-24)26(34)28-19-27(2,3)31-10-12-35-13-11-31/h4-9,14,16-18H,10-13,15,19H2,1-3H3,(H,28,34)(H,30,33). The van der Waals surface area contributed by atoms with Crippen LogP contribution >= 0.6 is 0 Å². The highest BCUT2D eigenvalue weighted by Gasteiger charge is 2.28. The fourth-order valence-corrected chi connectivity index (χ4v) is 4.21. The second-order valence-electron chi connectivity index (χ2n) is 9.53. The van der Waals surface area contributed by atoms with Gasteiger partial charge in [0.2, 0.25) is 5.91 Å². The van der Waals surface area contributed by atoms with Gasteiger partial charge < -0.3 is 15.4 Å². The van der Waals surface area contributed by atoms with E-state index in [9.17, 15) is 9.59 Å². The van der Waals surface area contributed by atoms with Crippen LogP contribution < -0.4 is 10.6 Å². The second-order valence-corrected chi connectivity index (χ2v) is 9.53. The largest absolute Gasteiger partial charge is 0.379 e. The molecule has 0 bridgehead atoms. The number of hydrogen-bond acceptors (Lipinski definition) is 5. The number of hydrogen-bond donors (Lipinski definition) is 2. The number of amides is 2. The normalized spacial score (nSPS) is 14.5. The zero-order valence-electron chi connectivity index (χ0n) is 20.6. The van der Waals surface area contributed by atoms with Gasteiger partial charge in [0.05, 0.1) is 43.4 Å². The molecule has 1 fully saturated rings. The molecule has 1 aliphatic rings. The van der Waals surface area contributed by atoms with Gasteiger partial charge in [0.25, 0.3) is 5.91 Å². The highest BCUT2D eigenvalue weighted by Crippen LogP contribution is 2.17. The maximum atomic E-state index is 12.9. The Morgan fingerprint density at radius 2 is 1.86 bits per heavy atom. The van der Waals surface area contributed by atoms with E-state index < -0.39 is 0 Å². The molecule has 1 saturated heterocycles. The summed E-state index contributed by atoms with van der Waals surface area (Å²) in [6, 6.07) is 15.2. The third-order valence-corrected chi connectivity index (χ3v) is 6.24. The van der Waals surface area contributed by atoms with Crippen LogP contribution in [0, 0.1) is 6.92 Å². The Morgan fingerprint density at radius 1 is 1.09 bits per heavy atom. The van der Waals surface area contributed by atoms with E-state index in [-0.39, 0.29) is 17.4 Å². The van der Waals surface area contributed by atoms with Crippen LogP contribution in [0.4, 0.5) is 5.69 Å². The Balaban J connectivity index is 1.36. The number of aromatic nitrogens is 2. The lowest BCUT2D eigenvalue weighted by molar-refractivity contribution is -0.115. The number of nitrogens with zero attached hydrogens (tertiary/aromatic N) is 3. The molecule has 0 saturated carbocycles. The first-order valence-electron chi connectivity index (χ1n) is 11.9. The first-order valence-corrected chi connectivity index (χ1v) is 11.9. The summed E-state index contributed by atoms with van der Waals surface area (Å²) in [6.07, 6.45) is 3.64. The monoisotopic (exact) mass is 475 g/mol. The number of carbonyl (C=O) groups excluding carboxylic acids is 2. The van der Waals surface area contributed by atoms with E-state index in [4.69, 9.17) is 4.74 Å². The van der Waals surface area contributed by atoms with Gasteiger partial charge in [0, 0.05) is 30.7 Å². The number of morpholine rings is 1. The molecule has 0 unspecified atom stereocenters. The van der Waals surface area contributed by atoms with E-state index in [1.807, 2.05) is 43.3 Å². The van der Waals surface area contributed by atoms with Gasteiger partial charge in [-0.15, -0.1) is 0 Å². The Kier molecular flexibility index (Phi) is 7.63. The minimum atomic E-state index is -0.162. The maximum Gasteiger partial charge on any atom is 0.251 e. The number of nitrogens with one attached hydrogen (secondary N) is 2. The maximum absolute atomic E-state index is 12.9. The fourth-order valence-electron chi connectivity index (χ4n) is 4.21. The van der Waals surface area contributed by atoms with Gasteiger partial charge >= 0.3 is 0 Å². The minimum absolute atomic E-state index is 0.105. The fraction of sp³-hybridized carbons (Fsp3) is 0.370. The third kappa shape index (κ3) is 6.55. The van der Waals surface area contributed by atoms with Crippen molar-refractivity contribution in [3.63, 3.8) is 0 Å². The third-order valence-electron chi connectivity index (χ3n) is 6.24. The Labute approximate surface area is 206 Å². The lowest BCUT2D eigenvalue weighted by atomic mass is 10.0. The number of rotatable bonds is 8. The summed E-state index contributed by atoms with van der Waals surface area (Å²) in [4.78, 5) is 27.6. The minimum Gasteiger partial charge on any atom is -0.379 e. The number of aryl methyl sites for hydroxylation is 1. The van der Waals surface area contributed by atoms with Gasteiger partial charge in [-0.3, -0.25) is 14.5 Å². The number of ether oxygens (including phenoxy) is 1. The first kappa shape index (κ1) is 24.6. The first-order chi connectivity index (χ1) is 16.8. The van der Waals surface area contributed by atoms with Crippen LogP contribution in [0.1, 0.15) is 35.3 Å². The highest BCUT2D eigenvalue weighted by molar-refractivity contribution is 5.95. The summed E-state index contributed by atoms with van der Waals surface area (Å²) in [5.41, 5.74) is 3.82. The lowest BCUT2D eigenvalue weighted by Crippen LogP contribution is -2.55. The topological polar surface area (TPSA) is 88.5 Å². The Hall–Kier alpha value is -3.49. The molecule has 0 atom stereocenters. The zero-order valence-corrected chi connectivity index (χ0v) is 20.6. The van der Waals surface area contributed by atoms with Crippen molar-refractivity contribution in [2.45, 2.75) is 32.7 Å². The van der Waals surface area contributed by atoms with Crippen LogP contribution in [0.15, 0.2) is 60.9 Å². The molecule has 184 valence electrons. The van der Waals surface area contributed by atoms with Crippen LogP contribution in [-0.4, -0.2) is 64.9 Å². The number of carbonyl (C=O) groups is 2. The predicted octanol–water partition coefficient (Wildman–Crippen LogP) is 3.20. The summed E-state index contributed by atoms with van der Waals surface area (Å²) in [5, 5.41) is 10.3. The summed E-state index contributed by atoms with van der Waals surface area (Å²) < 4.78 is 7.09. The SMILES string of the molecule is Cc1cccc(CC(=O)Nc2cnn(-c3cccc(C(=O)NCC(C)(C)N4CCOCC4)c3)c2)c1. The van der Waals surface area contributed by atoms with E-state index in [0.29, 0.717) is 24.2 Å². The molecule has 0 aliphatic carbocycles. The molecule has 2 N–H and O–H groups in total.